The molecule has 2 rings (SSSR count). The number of carbonyl (C=O) groups excluding carboxylic acids is 2. The molecule has 0 saturated heterocycles. The van der Waals surface area contributed by atoms with E-state index in [1.165, 1.54) is 19.2 Å². The number of ether oxygens (including phenoxy) is 1. The predicted molar refractivity (Wildman–Crippen MR) is 100.0 cm³/mol. The minimum Gasteiger partial charge on any atom is -0.465 e. The van der Waals surface area contributed by atoms with Gasteiger partial charge >= 0.3 is 12.0 Å². The van der Waals surface area contributed by atoms with Crippen molar-refractivity contribution in [1.82, 2.24) is 14.8 Å². The van der Waals surface area contributed by atoms with Crippen LogP contribution in [0.5, 0.6) is 0 Å². The number of nitrogens with one attached hydrogen (secondary N) is 1. The van der Waals surface area contributed by atoms with Crippen LogP contribution >= 0.6 is 0 Å². The molecule has 1 heterocycles. The predicted octanol–water partition coefficient (Wildman–Crippen LogP) is 2.60. The molecule has 0 radical (unpaired) electrons. The lowest BCUT2D eigenvalue weighted by Crippen LogP contribution is -2.39. The second-order valence-corrected chi connectivity index (χ2v) is 6.20. The summed E-state index contributed by atoms with van der Waals surface area (Å²) in [5.74, 6) is -1.24. The number of hydrogen-bond donors (Lipinski definition) is 1. The molecule has 8 heteroatoms. The number of halogens is 1. The zero-order valence-electron chi connectivity index (χ0n) is 15.6. The average Bonchev–Trinajstić information content (AvgIpc) is 2.66. The Morgan fingerprint density at radius 3 is 2.63 bits per heavy atom. The Kier molecular flexibility index (Phi) is 7.25. The Bertz CT molecular complexity index is 784. The topological polar surface area (TPSA) is 74.8 Å². The summed E-state index contributed by atoms with van der Waals surface area (Å²) in [5.41, 5.74) is 0.931. The number of carbonyl (C=O) groups is 2. The van der Waals surface area contributed by atoms with E-state index < -0.39 is 17.8 Å². The van der Waals surface area contributed by atoms with Crippen LogP contribution in [0.1, 0.15) is 15.9 Å². The Morgan fingerprint density at radius 2 is 2.00 bits per heavy atom. The molecule has 0 aliphatic rings. The standard InChI is InChI=1S/C19H23FN4O3/c1-23(2)9-10-24(13-14-5-4-8-21-12-14)19(26)22-17-11-15(18(25)27-3)6-7-16(17)20/h4-8,11-12H,9-10,13H2,1-3H3,(H,22,26). The highest BCUT2D eigenvalue weighted by molar-refractivity contribution is 5.94. The molecule has 1 aromatic carbocycles. The first-order valence-electron chi connectivity index (χ1n) is 8.38. The SMILES string of the molecule is COC(=O)c1ccc(F)c(NC(=O)N(CCN(C)C)Cc2cccnc2)c1. The third-order valence-electron chi connectivity index (χ3n) is 3.83. The lowest BCUT2D eigenvalue weighted by Gasteiger charge is -2.25. The van der Waals surface area contributed by atoms with Gasteiger partial charge < -0.3 is 19.9 Å². The number of pyridine rings is 1. The number of benzene rings is 1. The number of nitrogens with zero attached hydrogens (tertiary/aromatic N) is 3. The molecule has 7 nitrogen and oxygen atoms in total. The third kappa shape index (κ3) is 6.03. The molecule has 144 valence electrons. The largest absolute Gasteiger partial charge is 0.465 e. The van der Waals surface area contributed by atoms with Crippen LogP contribution in [-0.2, 0) is 11.3 Å². The van der Waals surface area contributed by atoms with E-state index in [1.807, 2.05) is 25.1 Å². The first-order chi connectivity index (χ1) is 12.9. The molecule has 0 unspecified atom stereocenters. The summed E-state index contributed by atoms with van der Waals surface area (Å²) in [5, 5.41) is 2.54. The van der Waals surface area contributed by atoms with Crippen LogP contribution in [0.4, 0.5) is 14.9 Å². The van der Waals surface area contributed by atoms with Gasteiger partial charge in [-0.2, -0.15) is 0 Å². The third-order valence-corrected chi connectivity index (χ3v) is 3.83. The summed E-state index contributed by atoms with van der Waals surface area (Å²) in [6, 6.07) is 6.86. The van der Waals surface area contributed by atoms with Crippen LogP contribution in [0.3, 0.4) is 0 Å². The van der Waals surface area contributed by atoms with Crippen molar-refractivity contribution in [1.29, 1.82) is 0 Å². The smallest absolute Gasteiger partial charge is 0.337 e. The Labute approximate surface area is 157 Å². The minimum absolute atomic E-state index is 0.0797. The fourth-order valence-corrected chi connectivity index (χ4v) is 2.35. The highest BCUT2D eigenvalue weighted by atomic mass is 19.1. The molecule has 1 aromatic heterocycles. The van der Waals surface area contributed by atoms with Crippen molar-refractivity contribution in [2.24, 2.45) is 0 Å². The summed E-state index contributed by atoms with van der Waals surface area (Å²) in [6.45, 7) is 1.40. The molecule has 27 heavy (non-hydrogen) atoms. The molecular formula is C19H23FN4O3. The van der Waals surface area contributed by atoms with Crippen LogP contribution in [0.15, 0.2) is 42.7 Å². The number of anilines is 1. The summed E-state index contributed by atoms with van der Waals surface area (Å²) in [4.78, 5) is 31.9. The molecule has 0 bridgehead atoms. The monoisotopic (exact) mass is 374 g/mol. The van der Waals surface area contributed by atoms with E-state index in [0.29, 0.717) is 19.6 Å². The van der Waals surface area contributed by atoms with E-state index in [9.17, 15) is 14.0 Å². The van der Waals surface area contributed by atoms with Crippen molar-refractivity contribution in [2.45, 2.75) is 6.54 Å². The Hall–Kier alpha value is -3.00. The van der Waals surface area contributed by atoms with Crippen molar-refractivity contribution in [2.75, 3.05) is 39.6 Å². The molecule has 0 saturated carbocycles. The van der Waals surface area contributed by atoms with Gasteiger partial charge in [0.25, 0.3) is 0 Å². The fourth-order valence-electron chi connectivity index (χ4n) is 2.35. The van der Waals surface area contributed by atoms with E-state index in [2.05, 4.69) is 15.0 Å². The number of aromatic nitrogens is 1. The van der Waals surface area contributed by atoms with Gasteiger partial charge in [0.2, 0.25) is 0 Å². The number of amides is 2. The van der Waals surface area contributed by atoms with E-state index in [-0.39, 0.29) is 11.3 Å². The van der Waals surface area contributed by atoms with Crippen LogP contribution in [0.25, 0.3) is 0 Å². The van der Waals surface area contributed by atoms with Crippen molar-refractivity contribution in [3.05, 3.63) is 59.7 Å². The Balaban J connectivity index is 2.18. The van der Waals surface area contributed by atoms with Crippen LogP contribution < -0.4 is 5.32 Å². The highest BCUT2D eigenvalue weighted by Gasteiger charge is 2.18. The van der Waals surface area contributed by atoms with Gasteiger partial charge in [0, 0.05) is 32.0 Å². The van der Waals surface area contributed by atoms with Crippen LogP contribution in [-0.4, -0.2) is 61.1 Å². The van der Waals surface area contributed by atoms with Crippen molar-refractivity contribution < 1.29 is 18.7 Å². The maximum atomic E-state index is 14.1. The molecule has 2 aromatic rings. The summed E-state index contributed by atoms with van der Waals surface area (Å²) in [7, 11) is 5.04. The molecule has 0 aliphatic heterocycles. The van der Waals surface area contributed by atoms with Crippen LogP contribution in [0, 0.1) is 5.82 Å². The Morgan fingerprint density at radius 1 is 1.22 bits per heavy atom. The lowest BCUT2D eigenvalue weighted by molar-refractivity contribution is 0.0600. The fraction of sp³-hybridized carbons (Fsp3) is 0.316. The first-order valence-corrected chi connectivity index (χ1v) is 8.38. The summed E-state index contributed by atoms with van der Waals surface area (Å²) >= 11 is 0. The quantitative estimate of drug-likeness (QED) is 0.754. The molecule has 1 N–H and O–H groups in total. The van der Waals surface area contributed by atoms with E-state index in [1.54, 1.807) is 23.4 Å². The summed E-state index contributed by atoms with van der Waals surface area (Å²) < 4.78 is 18.7. The van der Waals surface area contributed by atoms with Gasteiger partial charge in [-0.3, -0.25) is 4.98 Å². The van der Waals surface area contributed by atoms with Gasteiger partial charge in [-0.1, -0.05) is 6.07 Å². The van der Waals surface area contributed by atoms with E-state index in [4.69, 9.17) is 0 Å². The van der Waals surface area contributed by atoms with Gasteiger partial charge in [-0.15, -0.1) is 0 Å². The number of methoxy groups -OCH3 is 1. The number of rotatable bonds is 7. The maximum absolute atomic E-state index is 14.1. The van der Waals surface area contributed by atoms with Crippen molar-refractivity contribution in [3.63, 3.8) is 0 Å². The van der Waals surface area contributed by atoms with Gasteiger partial charge in [-0.05, 0) is 43.9 Å². The normalized spacial score (nSPS) is 10.6. The zero-order valence-corrected chi connectivity index (χ0v) is 15.6. The number of likely N-dealkylation sites (N-methyl/N-ethyl adjacent to an activating group) is 1. The van der Waals surface area contributed by atoms with Crippen molar-refractivity contribution in [3.8, 4) is 0 Å². The maximum Gasteiger partial charge on any atom is 0.337 e. The average molecular weight is 374 g/mol. The summed E-state index contributed by atoms with van der Waals surface area (Å²) in [6.07, 6.45) is 3.33. The zero-order chi connectivity index (χ0) is 19.8. The van der Waals surface area contributed by atoms with Gasteiger partial charge in [0.15, 0.2) is 0 Å². The molecule has 0 fully saturated rings. The molecular weight excluding hydrogens is 351 g/mol. The number of hydrogen-bond acceptors (Lipinski definition) is 5. The highest BCUT2D eigenvalue weighted by Crippen LogP contribution is 2.18. The first kappa shape index (κ1) is 20.3. The minimum atomic E-state index is -0.634. The second-order valence-electron chi connectivity index (χ2n) is 6.20. The van der Waals surface area contributed by atoms with Gasteiger partial charge in [-0.25, -0.2) is 14.0 Å². The lowest BCUT2D eigenvalue weighted by atomic mass is 10.2. The molecule has 2 amide bonds. The van der Waals surface area contributed by atoms with Crippen LogP contribution in [0.2, 0.25) is 0 Å². The van der Waals surface area contributed by atoms with Gasteiger partial charge in [0.05, 0.1) is 18.4 Å². The van der Waals surface area contributed by atoms with Gasteiger partial charge in [0.1, 0.15) is 5.82 Å². The second kappa shape index (κ2) is 9.63. The molecule has 0 atom stereocenters. The number of urea groups is 1. The molecule has 0 spiro atoms. The van der Waals surface area contributed by atoms with E-state index in [0.717, 1.165) is 11.6 Å². The number of esters is 1. The van der Waals surface area contributed by atoms with E-state index >= 15 is 0 Å². The van der Waals surface area contributed by atoms with Crippen molar-refractivity contribution >= 4 is 17.7 Å². The molecule has 0 aliphatic carbocycles.